The normalized spacial score (nSPS) is 17.1. The van der Waals surface area contributed by atoms with E-state index < -0.39 is 23.1 Å². The van der Waals surface area contributed by atoms with Crippen molar-refractivity contribution in [2.75, 3.05) is 12.0 Å². The third-order valence-electron chi connectivity index (χ3n) is 5.00. The predicted octanol–water partition coefficient (Wildman–Crippen LogP) is 5.17. The molecule has 1 heterocycles. The summed E-state index contributed by atoms with van der Waals surface area (Å²) in [5, 5.41) is 11.2. The van der Waals surface area contributed by atoms with Crippen LogP contribution in [-0.4, -0.2) is 23.9 Å². The molecule has 0 aliphatic carbocycles. The van der Waals surface area contributed by atoms with Crippen LogP contribution in [0.5, 0.6) is 5.75 Å². The molecule has 1 N–H and O–H groups in total. The first kappa shape index (κ1) is 20.9. The molecular weight excluding hydrogens is 390 g/mol. The van der Waals surface area contributed by atoms with Crippen LogP contribution in [0.25, 0.3) is 0 Å². The van der Waals surface area contributed by atoms with E-state index in [0.717, 1.165) is 5.56 Å². The maximum Gasteiger partial charge on any atom is 0.294 e. The van der Waals surface area contributed by atoms with E-state index in [9.17, 15) is 14.7 Å². The Morgan fingerprint density at radius 3 is 2.28 bits per heavy atom. The summed E-state index contributed by atoms with van der Waals surface area (Å²) in [6.45, 7) is 7.15. The van der Waals surface area contributed by atoms with Gasteiger partial charge in [-0.25, -0.2) is 0 Å². The summed E-state index contributed by atoms with van der Waals surface area (Å²) in [7, 11) is 1.56. The molecule has 1 amide bonds. The molecule has 0 spiro atoms. The molecule has 0 aromatic heterocycles. The van der Waals surface area contributed by atoms with E-state index >= 15 is 0 Å². The molecule has 0 bridgehead atoms. The lowest BCUT2D eigenvalue weighted by Gasteiger charge is -2.29. The predicted molar refractivity (Wildman–Crippen MR) is 114 cm³/mol. The van der Waals surface area contributed by atoms with Crippen molar-refractivity contribution in [3.05, 3.63) is 69.9 Å². The topological polar surface area (TPSA) is 66.8 Å². The summed E-state index contributed by atoms with van der Waals surface area (Å²) in [6, 6.07) is 11.6. The highest BCUT2D eigenvalue weighted by Crippen LogP contribution is 2.44. The van der Waals surface area contributed by atoms with Crippen molar-refractivity contribution in [1.29, 1.82) is 0 Å². The van der Waals surface area contributed by atoms with E-state index in [4.69, 9.17) is 16.3 Å². The molecule has 5 nitrogen and oxygen atoms in total. The fourth-order valence-electron chi connectivity index (χ4n) is 3.34. The van der Waals surface area contributed by atoms with Gasteiger partial charge in [0, 0.05) is 16.1 Å². The van der Waals surface area contributed by atoms with E-state index in [-0.39, 0.29) is 11.4 Å². The number of nitrogens with zero attached hydrogens (tertiary/aromatic N) is 1. The Kier molecular flexibility index (Phi) is 5.46. The number of halogens is 1. The Balaban J connectivity index is 2.20. The fourth-order valence-corrected chi connectivity index (χ4v) is 3.52. The Morgan fingerprint density at radius 2 is 1.76 bits per heavy atom. The molecule has 0 saturated heterocycles. The molecule has 1 aliphatic rings. The number of aliphatic hydroxyl groups is 1. The molecule has 0 saturated carbocycles. The number of Topliss-reactive ketones (excluding diaryl/α,β-unsaturated/α-hetero) is 1. The van der Waals surface area contributed by atoms with Gasteiger partial charge in [-0.05, 0) is 42.3 Å². The largest absolute Gasteiger partial charge is 0.503 e. The van der Waals surface area contributed by atoms with E-state index in [2.05, 4.69) is 0 Å². The molecular formula is C23H24ClNO4. The highest BCUT2D eigenvalue weighted by molar-refractivity contribution is 6.31. The first-order valence-electron chi connectivity index (χ1n) is 9.28. The molecule has 3 rings (SSSR count). The van der Waals surface area contributed by atoms with Crippen LogP contribution < -0.4 is 9.64 Å². The Hall–Kier alpha value is -2.79. The number of ether oxygens (including phenoxy) is 1. The number of hydrogen-bond donors (Lipinski definition) is 1. The number of carbonyl (C=O) groups excluding carboxylic acids is 2. The van der Waals surface area contributed by atoms with Crippen molar-refractivity contribution in [3.63, 3.8) is 0 Å². The number of anilines is 1. The van der Waals surface area contributed by atoms with Gasteiger partial charge in [0.05, 0.1) is 18.7 Å². The monoisotopic (exact) mass is 413 g/mol. The molecule has 0 fully saturated rings. The van der Waals surface area contributed by atoms with Gasteiger partial charge < -0.3 is 9.84 Å². The van der Waals surface area contributed by atoms with Gasteiger partial charge in [-0.3, -0.25) is 14.5 Å². The fraction of sp³-hybridized carbons (Fsp3) is 0.304. The average molecular weight is 414 g/mol. The second kappa shape index (κ2) is 7.56. The van der Waals surface area contributed by atoms with Crippen LogP contribution in [-0.2, 0) is 9.59 Å². The van der Waals surface area contributed by atoms with E-state index in [0.29, 0.717) is 22.0 Å². The molecule has 152 valence electrons. The number of hydrogen-bond acceptors (Lipinski definition) is 4. The minimum absolute atomic E-state index is 0.0874. The number of aliphatic hydroxyl groups excluding tert-OH is 1. The van der Waals surface area contributed by atoms with Gasteiger partial charge >= 0.3 is 0 Å². The van der Waals surface area contributed by atoms with Gasteiger partial charge in [-0.1, -0.05) is 50.6 Å². The minimum atomic E-state index is -0.769. The van der Waals surface area contributed by atoms with Gasteiger partial charge in [0.25, 0.3) is 5.91 Å². The number of ketones is 1. The zero-order valence-corrected chi connectivity index (χ0v) is 17.9. The lowest BCUT2D eigenvalue weighted by molar-refractivity contribution is -0.123. The summed E-state index contributed by atoms with van der Waals surface area (Å²) in [6.07, 6.45) is 0. The van der Waals surface area contributed by atoms with Crippen molar-refractivity contribution in [1.82, 2.24) is 0 Å². The molecule has 0 radical (unpaired) electrons. The van der Waals surface area contributed by atoms with Crippen molar-refractivity contribution in [2.24, 2.45) is 5.41 Å². The van der Waals surface area contributed by atoms with Gasteiger partial charge in [0.2, 0.25) is 0 Å². The highest BCUT2D eigenvalue weighted by Gasteiger charge is 2.46. The summed E-state index contributed by atoms with van der Waals surface area (Å²) < 4.78 is 5.22. The van der Waals surface area contributed by atoms with Crippen molar-refractivity contribution in [3.8, 4) is 5.75 Å². The maximum atomic E-state index is 13.2. The lowest BCUT2D eigenvalue weighted by Crippen LogP contribution is -2.32. The molecule has 1 atom stereocenters. The van der Waals surface area contributed by atoms with Gasteiger partial charge in [0.1, 0.15) is 5.75 Å². The third kappa shape index (κ3) is 3.75. The Labute approximate surface area is 175 Å². The zero-order chi connectivity index (χ0) is 21.5. The van der Waals surface area contributed by atoms with Crippen LogP contribution in [0.1, 0.15) is 37.9 Å². The maximum absolute atomic E-state index is 13.2. The molecule has 6 heteroatoms. The first-order valence-corrected chi connectivity index (χ1v) is 9.65. The lowest BCUT2D eigenvalue weighted by atomic mass is 9.82. The Bertz CT molecular complexity index is 1000. The number of amides is 1. The van der Waals surface area contributed by atoms with E-state index in [1.54, 1.807) is 70.3 Å². The number of carbonyl (C=O) groups is 2. The quantitative estimate of drug-likeness (QED) is 0.750. The van der Waals surface area contributed by atoms with Crippen molar-refractivity contribution in [2.45, 2.75) is 33.7 Å². The minimum Gasteiger partial charge on any atom is -0.503 e. The van der Waals surface area contributed by atoms with Crippen molar-refractivity contribution < 1.29 is 19.4 Å². The standard InChI is InChI=1S/C23H24ClNO4/c1-13-6-9-15(12-17(13)24)25-19(14-7-10-16(29-5)11-8-14)18(20(26)22(25)28)21(27)23(2,3)4/h6-12,19,26H,1-5H3. The molecule has 29 heavy (non-hydrogen) atoms. The van der Waals surface area contributed by atoms with Crippen LogP contribution >= 0.6 is 11.6 Å². The number of aryl methyl sites for hydroxylation is 1. The van der Waals surface area contributed by atoms with E-state index in [1.807, 2.05) is 6.92 Å². The van der Waals surface area contributed by atoms with Crippen LogP contribution in [0.15, 0.2) is 53.8 Å². The Morgan fingerprint density at radius 1 is 1.14 bits per heavy atom. The highest BCUT2D eigenvalue weighted by atomic mass is 35.5. The van der Waals surface area contributed by atoms with Gasteiger partial charge in [-0.2, -0.15) is 0 Å². The first-order chi connectivity index (χ1) is 13.6. The summed E-state index contributed by atoms with van der Waals surface area (Å²) >= 11 is 6.28. The smallest absolute Gasteiger partial charge is 0.294 e. The number of rotatable bonds is 4. The molecule has 1 aliphatic heterocycles. The second-order valence-corrected chi connectivity index (χ2v) is 8.53. The summed E-state index contributed by atoms with van der Waals surface area (Å²) in [5.41, 5.74) is 1.38. The zero-order valence-electron chi connectivity index (χ0n) is 17.1. The average Bonchev–Trinajstić information content (AvgIpc) is 2.94. The van der Waals surface area contributed by atoms with Crippen LogP contribution in [0.4, 0.5) is 5.69 Å². The van der Waals surface area contributed by atoms with Crippen LogP contribution in [0.3, 0.4) is 0 Å². The molecule has 2 aromatic carbocycles. The summed E-state index contributed by atoms with van der Waals surface area (Å²) in [4.78, 5) is 27.6. The molecule has 1 unspecified atom stereocenters. The third-order valence-corrected chi connectivity index (χ3v) is 5.41. The van der Waals surface area contributed by atoms with Crippen molar-refractivity contribution >= 4 is 29.0 Å². The van der Waals surface area contributed by atoms with Gasteiger partial charge in [-0.15, -0.1) is 0 Å². The number of benzene rings is 2. The second-order valence-electron chi connectivity index (χ2n) is 8.13. The SMILES string of the molecule is COc1ccc(C2C(C(=O)C(C)(C)C)=C(O)C(=O)N2c2ccc(C)c(Cl)c2)cc1. The van der Waals surface area contributed by atoms with E-state index in [1.165, 1.54) is 4.90 Å². The van der Waals surface area contributed by atoms with Gasteiger partial charge in [0.15, 0.2) is 11.5 Å². The summed E-state index contributed by atoms with van der Waals surface area (Å²) in [5.74, 6) is -0.787. The van der Waals surface area contributed by atoms with Crippen LogP contribution in [0.2, 0.25) is 5.02 Å². The number of methoxy groups -OCH3 is 1. The van der Waals surface area contributed by atoms with Crippen LogP contribution in [0, 0.1) is 12.3 Å². The molecule has 2 aromatic rings.